The lowest BCUT2D eigenvalue weighted by molar-refractivity contribution is 1.07. The Morgan fingerprint density at radius 1 is 0.250 bits per heavy atom. The fraction of sp³-hybridized carbons (Fsp3) is 0. The molecule has 0 unspecified atom stereocenters. The molecule has 1 aromatic heterocycles. The molecule has 12 rings (SSSR count). The number of hydrogen-bond acceptors (Lipinski definition) is 4. The van der Waals surface area contributed by atoms with Crippen LogP contribution in [0.15, 0.2) is 243 Å². The minimum atomic E-state index is 0.549. The summed E-state index contributed by atoms with van der Waals surface area (Å²) < 4.78 is 0. The maximum Gasteiger partial charge on any atom is 0.164 e. The van der Waals surface area contributed by atoms with Gasteiger partial charge in [0.05, 0.1) is 11.6 Å². The van der Waals surface area contributed by atoms with E-state index in [1.807, 2.05) is 66.7 Å². The van der Waals surface area contributed by atoms with Crippen LogP contribution in [0.25, 0.3) is 122 Å². The minimum absolute atomic E-state index is 0.549. The van der Waals surface area contributed by atoms with Crippen molar-refractivity contribution in [1.29, 1.82) is 5.26 Å². The molecule has 0 aliphatic heterocycles. The number of nitrogens with zero attached hydrogens (tertiary/aromatic N) is 4. The number of fused-ring (bicyclic) bond motifs is 4. The zero-order valence-electron chi connectivity index (χ0n) is 36.9. The van der Waals surface area contributed by atoms with E-state index in [1.54, 1.807) is 0 Å². The Kier molecular flexibility index (Phi) is 10.2. The molecular formula is C64H40N4. The number of aromatic nitrogens is 3. The third kappa shape index (κ3) is 7.54. The molecule has 11 aromatic carbocycles. The highest BCUT2D eigenvalue weighted by Crippen LogP contribution is 2.38. The molecule has 0 radical (unpaired) electrons. The molecule has 0 aliphatic rings. The van der Waals surface area contributed by atoms with Gasteiger partial charge in [-0.25, -0.2) is 15.0 Å². The lowest BCUT2D eigenvalue weighted by Crippen LogP contribution is -2.01. The molecule has 0 saturated carbocycles. The monoisotopic (exact) mass is 864 g/mol. The molecule has 12 aromatic rings. The summed E-state index contributed by atoms with van der Waals surface area (Å²) in [4.78, 5) is 15.3. The molecule has 0 fully saturated rings. The predicted molar refractivity (Wildman–Crippen MR) is 281 cm³/mol. The van der Waals surface area contributed by atoms with Crippen LogP contribution < -0.4 is 0 Å². The molecule has 1 heterocycles. The smallest absolute Gasteiger partial charge is 0.164 e. The highest BCUT2D eigenvalue weighted by Gasteiger charge is 2.18. The van der Waals surface area contributed by atoms with Gasteiger partial charge in [-0.15, -0.1) is 0 Å². The van der Waals surface area contributed by atoms with E-state index >= 15 is 0 Å². The van der Waals surface area contributed by atoms with Gasteiger partial charge in [0, 0.05) is 22.3 Å². The van der Waals surface area contributed by atoms with Crippen LogP contribution in [0.1, 0.15) is 5.56 Å². The van der Waals surface area contributed by atoms with Gasteiger partial charge in [0.25, 0.3) is 0 Å². The fourth-order valence-electron chi connectivity index (χ4n) is 9.50. The van der Waals surface area contributed by atoms with Gasteiger partial charge in [-0.3, -0.25) is 0 Å². The summed E-state index contributed by atoms with van der Waals surface area (Å²) in [6.07, 6.45) is 0. The summed E-state index contributed by atoms with van der Waals surface area (Å²) >= 11 is 0. The Morgan fingerprint density at radius 3 is 1.51 bits per heavy atom. The van der Waals surface area contributed by atoms with E-state index in [1.165, 1.54) is 43.4 Å². The van der Waals surface area contributed by atoms with Crippen LogP contribution in [0.3, 0.4) is 0 Å². The van der Waals surface area contributed by atoms with Gasteiger partial charge in [-0.2, -0.15) is 5.26 Å². The van der Waals surface area contributed by atoms with Crippen LogP contribution in [-0.4, -0.2) is 15.0 Å². The zero-order valence-corrected chi connectivity index (χ0v) is 36.9. The highest BCUT2D eigenvalue weighted by molar-refractivity contribution is 6.13. The van der Waals surface area contributed by atoms with E-state index in [0.29, 0.717) is 23.0 Å². The van der Waals surface area contributed by atoms with Crippen LogP contribution >= 0.6 is 0 Å². The van der Waals surface area contributed by atoms with Crippen molar-refractivity contribution in [2.24, 2.45) is 0 Å². The van der Waals surface area contributed by atoms with Gasteiger partial charge >= 0.3 is 0 Å². The SMILES string of the molecule is N#Cc1ccc(-c2ccc(-c3ccc(-c4cc5ccccc5c5ccccc45)cc3)cc2)cc1-c1cccc(-c2nc(-c3ccccc3)nc(-c3ccccc3-c3ccc4ccccc4c3)n2)c1. The average molecular weight is 865 g/mol. The van der Waals surface area contributed by atoms with Gasteiger partial charge in [-0.05, 0) is 113 Å². The first-order chi connectivity index (χ1) is 33.6. The standard InChI is InChI=1S/C64H40N4/c65-41-54-36-34-49(45-27-25-43(26-28-45)44-29-32-46(33-30-44)61-40-51-17-6-7-20-55(51)57-22-9-10-23-58(57)61)39-60(54)50-18-12-19-53(38-50)63-66-62(47-14-2-1-3-15-47)67-64(68-63)59-24-11-8-21-56(59)52-35-31-42-13-4-5-16-48(42)37-52/h1-40H. The molecule has 0 aliphatic carbocycles. The van der Waals surface area contributed by atoms with Gasteiger partial charge in [0.1, 0.15) is 0 Å². The number of rotatable bonds is 8. The normalized spacial score (nSPS) is 11.2. The van der Waals surface area contributed by atoms with Crippen molar-refractivity contribution in [1.82, 2.24) is 15.0 Å². The first-order valence-corrected chi connectivity index (χ1v) is 22.8. The third-order valence-electron chi connectivity index (χ3n) is 13.0. The number of benzene rings is 11. The molecule has 0 bridgehead atoms. The molecule has 68 heavy (non-hydrogen) atoms. The van der Waals surface area contributed by atoms with Crippen molar-refractivity contribution >= 4 is 32.3 Å². The lowest BCUT2D eigenvalue weighted by atomic mass is 9.92. The second-order valence-corrected chi connectivity index (χ2v) is 17.1. The Morgan fingerprint density at radius 2 is 0.765 bits per heavy atom. The van der Waals surface area contributed by atoms with Crippen molar-refractivity contribution in [2.45, 2.75) is 0 Å². The summed E-state index contributed by atoms with van der Waals surface area (Å²) in [5, 5.41) is 17.8. The van der Waals surface area contributed by atoms with Crippen LogP contribution in [0.2, 0.25) is 0 Å². The number of nitriles is 1. The second kappa shape index (κ2) is 17.2. The van der Waals surface area contributed by atoms with E-state index in [4.69, 9.17) is 15.0 Å². The van der Waals surface area contributed by atoms with Crippen molar-refractivity contribution in [2.75, 3.05) is 0 Å². The van der Waals surface area contributed by atoms with Crippen molar-refractivity contribution in [3.8, 4) is 95.9 Å². The van der Waals surface area contributed by atoms with E-state index in [9.17, 15) is 5.26 Å². The molecule has 0 N–H and O–H groups in total. The maximum atomic E-state index is 10.4. The first-order valence-electron chi connectivity index (χ1n) is 22.8. The summed E-state index contributed by atoms with van der Waals surface area (Å²) in [5.41, 5.74) is 13.9. The Hall–Kier alpha value is -9.30. The largest absolute Gasteiger partial charge is 0.208 e. The second-order valence-electron chi connectivity index (χ2n) is 17.1. The van der Waals surface area contributed by atoms with Gasteiger partial charge in [0.2, 0.25) is 0 Å². The van der Waals surface area contributed by atoms with E-state index in [2.05, 4.69) is 182 Å². The van der Waals surface area contributed by atoms with Crippen LogP contribution in [0.5, 0.6) is 0 Å². The molecule has 0 saturated heterocycles. The summed E-state index contributed by atoms with van der Waals surface area (Å²) in [6.45, 7) is 0. The van der Waals surface area contributed by atoms with Crippen molar-refractivity contribution < 1.29 is 0 Å². The molecule has 0 spiro atoms. The summed E-state index contributed by atoms with van der Waals surface area (Å²) in [6, 6.07) is 87.1. The first kappa shape index (κ1) is 40.2. The van der Waals surface area contributed by atoms with E-state index < -0.39 is 0 Å². The molecule has 0 amide bonds. The van der Waals surface area contributed by atoms with Crippen molar-refractivity contribution in [3.05, 3.63) is 248 Å². The fourth-order valence-corrected chi connectivity index (χ4v) is 9.50. The predicted octanol–water partition coefficient (Wildman–Crippen LogP) is 16.5. The van der Waals surface area contributed by atoms with Crippen LogP contribution in [0.4, 0.5) is 0 Å². The Balaban J connectivity index is 0.873. The molecule has 0 atom stereocenters. The van der Waals surface area contributed by atoms with Crippen LogP contribution in [0, 0.1) is 11.3 Å². The van der Waals surface area contributed by atoms with Gasteiger partial charge < -0.3 is 0 Å². The minimum Gasteiger partial charge on any atom is -0.208 e. The third-order valence-corrected chi connectivity index (χ3v) is 13.0. The molecule has 4 heteroatoms. The maximum absolute atomic E-state index is 10.4. The zero-order chi connectivity index (χ0) is 45.4. The topological polar surface area (TPSA) is 62.5 Å². The number of hydrogen-bond donors (Lipinski definition) is 0. The molecule has 4 nitrogen and oxygen atoms in total. The van der Waals surface area contributed by atoms with Crippen LogP contribution in [-0.2, 0) is 0 Å². The summed E-state index contributed by atoms with van der Waals surface area (Å²) in [5.74, 6) is 1.72. The van der Waals surface area contributed by atoms with Gasteiger partial charge in [0.15, 0.2) is 17.5 Å². The lowest BCUT2D eigenvalue weighted by Gasteiger charge is -2.13. The Labute approximate surface area is 394 Å². The quantitative estimate of drug-likeness (QED) is 0.143. The summed E-state index contributed by atoms with van der Waals surface area (Å²) in [7, 11) is 0. The van der Waals surface area contributed by atoms with Gasteiger partial charge in [-0.1, -0.05) is 212 Å². The molecular weight excluding hydrogens is 825 g/mol. The van der Waals surface area contributed by atoms with E-state index in [0.717, 1.165) is 61.2 Å². The highest BCUT2D eigenvalue weighted by atomic mass is 15.0. The average Bonchev–Trinajstić information content (AvgIpc) is 3.42. The van der Waals surface area contributed by atoms with E-state index in [-0.39, 0.29) is 0 Å². The Bertz CT molecular complexity index is 3910. The van der Waals surface area contributed by atoms with Crippen molar-refractivity contribution in [3.63, 3.8) is 0 Å². The molecule has 316 valence electrons.